The molecule has 0 bridgehead atoms. The largest absolute Gasteiger partial charge is 0.395 e. The first-order chi connectivity index (χ1) is 11.0. The molecule has 0 heterocycles. The zero-order valence-corrected chi connectivity index (χ0v) is 13.5. The summed E-state index contributed by atoms with van der Waals surface area (Å²) in [6.07, 6.45) is 0. The molecule has 1 N–H and O–H groups in total. The summed E-state index contributed by atoms with van der Waals surface area (Å²) in [4.78, 5) is 0.194. The molecule has 3 rings (SSSR count). The predicted molar refractivity (Wildman–Crippen MR) is 86.5 cm³/mol. The predicted octanol–water partition coefficient (Wildman–Crippen LogP) is 2.44. The van der Waals surface area contributed by atoms with Crippen LogP contribution < -0.4 is 0 Å². The summed E-state index contributed by atoms with van der Waals surface area (Å²) in [6.45, 7) is 1.41. The lowest BCUT2D eigenvalue weighted by molar-refractivity contribution is 0.242. The van der Waals surface area contributed by atoms with Gasteiger partial charge in [0.15, 0.2) is 9.84 Å². The van der Waals surface area contributed by atoms with Gasteiger partial charge in [-0.2, -0.15) is 5.26 Å². The van der Waals surface area contributed by atoms with E-state index in [-0.39, 0.29) is 4.90 Å². The van der Waals surface area contributed by atoms with Crippen LogP contribution in [-0.4, -0.2) is 25.4 Å². The van der Waals surface area contributed by atoms with Crippen molar-refractivity contribution in [3.05, 3.63) is 65.7 Å². The lowest BCUT2D eigenvalue weighted by atomic mass is 10.0. The molecule has 0 amide bonds. The Morgan fingerprint density at radius 2 is 1.74 bits per heavy atom. The number of sulfone groups is 1. The van der Waals surface area contributed by atoms with Crippen LogP contribution >= 0.6 is 0 Å². The molecule has 118 valence electrons. The van der Waals surface area contributed by atoms with Gasteiger partial charge in [0.05, 0.1) is 22.8 Å². The van der Waals surface area contributed by atoms with Gasteiger partial charge in [0, 0.05) is 5.92 Å². The monoisotopic (exact) mass is 327 g/mol. The van der Waals surface area contributed by atoms with Crippen LogP contribution in [-0.2, 0) is 9.84 Å². The normalized spacial score (nSPS) is 26.5. The third-order valence-corrected chi connectivity index (χ3v) is 6.86. The Balaban J connectivity index is 2.07. The Labute approximate surface area is 135 Å². The number of aliphatic hydroxyl groups excluding tert-OH is 1. The van der Waals surface area contributed by atoms with Crippen LogP contribution in [0.15, 0.2) is 59.5 Å². The first-order valence-electron chi connectivity index (χ1n) is 7.35. The number of benzene rings is 2. The molecule has 2 aromatic rings. The maximum atomic E-state index is 13.0. The number of aryl methyl sites for hydroxylation is 1. The maximum Gasteiger partial charge on any atom is 0.183 e. The molecule has 23 heavy (non-hydrogen) atoms. The van der Waals surface area contributed by atoms with Gasteiger partial charge in [0.25, 0.3) is 0 Å². The number of aliphatic hydroxyl groups is 1. The summed E-state index contributed by atoms with van der Waals surface area (Å²) < 4.78 is 25.9. The second-order valence-electron chi connectivity index (χ2n) is 5.98. The van der Waals surface area contributed by atoms with Crippen LogP contribution in [0.25, 0.3) is 0 Å². The SMILES string of the molecule is Cc1ccc(S(=O)(=O)[C@H]2[C@@H](c3ccccc3)[C@@]2(C#N)CO)cc1. The average molecular weight is 327 g/mol. The summed E-state index contributed by atoms with van der Waals surface area (Å²) in [7, 11) is -3.69. The number of nitrogens with zero attached hydrogens (tertiary/aromatic N) is 1. The smallest absolute Gasteiger partial charge is 0.183 e. The van der Waals surface area contributed by atoms with E-state index in [4.69, 9.17) is 0 Å². The average Bonchev–Trinajstić information content (AvgIpc) is 3.27. The lowest BCUT2D eigenvalue weighted by Crippen LogP contribution is -2.18. The first-order valence-corrected chi connectivity index (χ1v) is 8.89. The van der Waals surface area contributed by atoms with Crippen LogP contribution in [0.4, 0.5) is 0 Å². The highest BCUT2D eigenvalue weighted by Gasteiger charge is 2.72. The number of hydrogen-bond acceptors (Lipinski definition) is 4. The minimum absolute atomic E-state index is 0.194. The van der Waals surface area contributed by atoms with Crippen molar-refractivity contribution in [3.63, 3.8) is 0 Å². The van der Waals surface area contributed by atoms with E-state index in [2.05, 4.69) is 6.07 Å². The minimum Gasteiger partial charge on any atom is -0.395 e. The second-order valence-corrected chi connectivity index (χ2v) is 8.05. The zero-order chi connectivity index (χ0) is 16.7. The van der Waals surface area contributed by atoms with E-state index < -0.39 is 33.0 Å². The van der Waals surface area contributed by atoms with Crippen LogP contribution in [0.1, 0.15) is 17.0 Å². The van der Waals surface area contributed by atoms with Crippen LogP contribution in [0.3, 0.4) is 0 Å². The molecule has 1 fully saturated rings. The van der Waals surface area contributed by atoms with Gasteiger partial charge in [-0.05, 0) is 24.6 Å². The summed E-state index contributed by atoms with van der Waals surface area (Å²) in [5.74, 6) is -0.509. The third-order valence-electron chi connectivity index (χ3n) is 4.57. The van der Waals surface area contributed by atoms with E-state index in [1.165, 1.54) is 0 Å². The van der Waals surface area contributed by atoms with E-state index >= 15 is 0 Å². The van der Waals surface area contributed by atoms with Gasteiger partial charge >= 0.3 is 0 Å². The Kier molecular flexibility index (Phi) is 3.75. The highest BCUT2D eigenvalue weighted by Crippen LogP contribution is 2.63. The molecule has 0 saturated heterocycles. The molecule has 5 heteroatoms. The van der Waals surface area contributed by atoms with Crippen molar-refractivity contribution in [2.45, 2.75) is 23.0 Å². The molecule has 1 aliphatic rings. The van der Waals surface area contributed by atoms with Crippen molar-refractivity contribution in [1.29, 1.82) is 5.26 Å². The van der Waals surface area contributed by atoms with Crippen LogP contribution in [0, 0.1) is 23.7 Å². The summed E-state index contributed by atoms with van der Waals surface area (Å²) in [5, 5.41) is 18.3. The zero-order valence-electron chi connectivity index (χ0n) is 12.7. The molecule has 2 aromatic carbocycles. The van der Waals surface area contributed by atoms with Crippen LogP contribution in [0.2, 0.25) is 0 Å². The van der Waals surface area contributed by atoms with Crippen molar-refractivity contribution in [1.82, 2.24) is 0 Å². The van der Waals surface area contributed by atoms with Gasteiger partial charge < -0.3 is 5.11 Å². The standard InChI is InChI=1S/C18H17NO3S/c1-13-7-9-15(10-8-13)23(21,22)17-16(18(17,11-19)12-20)14-5-3-2-4-6-14/h2-10,16-17,20H,12H2,1H3/t16-,17+,18-/m1/s1. The quantitative estimate of drug-likeness (QED) is 0.935. The van der Waals surface area contributed by atoms with E-state index in [1.54, 1.807) is 36.4 Å². The van der Waals surface area contributed by atoms with Gasteiger partial charge in [-0.15, -0.1) is 0 Å². The lowest BCUT2D eigenvalue weighted by Gasteiger charge is -2.06. The van der Waals surface area contributed by atoms with Crippen molar-refractivity contribution in [3.8, 4) is 6.07 Å². The van der Waals surface area contributed by atoms with E-state index in [1.807, 2.05) is 25.1 Å². The fourth-order valence-corrected chi connectivity index (χ4v) is 5.54. The molecular formula is C18H17NO3S. The number of hydrogen-bond donors (Lipinski definition) is 1. The molecule has 0 radical (unpaired) electrons. The van der Waals surface area contributed by atoms with Gasteiger partial charge in [-0.25, -0.2) is 8.42 Å². The van der Waals surface area contributed by atoms with Crippen molar-refractivity contribution in [2.24, 2.45) is 5.41 Å². The van der Waals surface area contributed by atoms with Crippen molar-refractivity contribution < 1.29 is 13.5 Å². The summed E-state index contributed by atoms with van der Waals surface area (Å²) in [5.41, 5.74) is 0.460. The highest BCUT2D eigenvalue weighted by molar-refractivity contribution is 7.92. The third kappa shape index (κ3) is 2.35. The van der Waals surface area contributed by atoms with Crippen molar-refractivity contribution >= 4 is 9.84 Å². The molecule has 0 spiro atoms. The topological polar surface area (TPSA) is 78.2 Å². The van der Waals surface area contributed by atoms with Gasteiger partial charge in [-0.1, -0.05) is 48.0 Å². The first kappa shape index (κ1) is 15.7. The molecule has 3 atom stereocenters. The molecule has 1 saturated carbocycles. The van der Waals surface area contributed by atoms with Gasteiger partial charge in [0.2, 0.25) is 0 Å². The van der Waals surface area contributed by atoms with E-state index in [9.17, 15) is 18.8 Å². The summed E-state index contributed by atoms with van der Waals surface area (Å²) in [6, 6.07) is 17.7. The molecule has 0 unspecified atom stereocenters. The Morgan fingerprint density at radius 3 is 2.26 bits per heavy atom. The Morgan fingerprint density at radius 1 is 1.13 bits per heavy atom. The molecule has 1 aliphatic carbocycles. The minimum atomic E-state index is -3.69. The molecular weight excluding hydrogens is 310 g/mol. The second kappa shape index (κ2) is 5.48. The van der Waals surface area contributed by atoms with E-state index in [0.29, 0.717) is 0 Å². The van der Waals surface area contributed by atoms with Crippen molar-refractivity contribution in [2.75, 3.05) is 6.61 Å². The Hall–Kier alpha value is -2.16. The molecule has 0 aromatic heterocycles. The van der Waals surface area contributed by atoms with Gasteiger partial charge in [0.1, 0.15) is 5.41 Å². The van der Waals surface area contributed by atoms with Gasteiger partial charge in [-0.3, -0.25) is 0 Å². The molecule has 4 nitrogen and oxygen atoms in total. The van der Waals surface area contributed by atoms with Crippen LogP contribution in [0.5, 0.6) is 0 Å². The number of nitriles is 1. The fraction of sp³-hybridized carbons (Fsp3) is 0.278. The molecule has 0 aliphatic heterocycles. The highest BCUT2D eigenvalue weighted by atomic mass is 32.2. The Bertz CT molecular complexity index is 853. The number of rotatable bonds is 4. The fourth-order valence-electron chi connectivity index (χ4n) is 3.22. The maximum absolute atomic E-state index is 13.0. The van der Waals surface area contributed by atoms with E-state index in [0.717, 1.165) is 11.1 Å². The summed E-state index contributed by atoms with van der Waals surface area (Å²) >= 11 is 0.